The van der Waals surface area contributed by atoms with Gasteiger partial charge < -0.3 is 15.0 Å². The minimum absolute atomic E-state index is 0.102. The normalized spacial score (nSPS) is 17.0. The van der Waals surface area contributed by atoms with Crippen LogP contribution >= 0.6 is 0 Å². The average Bonchev–Trinajstić information content (AvgIpc) is 3.27. The first-order valence-electron chi connectivity index (χ1n) is 12.5. The Morgan fingerprint density at radius 2 is 2.00 bits per heavy atom. The Kier molecular flexibility index (Phi) is 7.11. The number of pyridine rings is 2. The number of carbonyl (C=O) groups is 4. The summed E-state index contributed by atoms with van der Waals surface area (Å²) in [7, 11) is 1.53. The van der Waals surface area contributed by atoms with Crippen LogP contribution in [0.2, 0.25) is 0 Å². The quantitative estimate of drug-likeness (QED) is 0.402. The van der Waals surface area contributed by atoms with Gasteiger partial charge in [-0.25, -0.2) is 9.78 Å². The second-order valence-corrected chi connectivity index (χ2v) is 9.44. The lowest BCUT2D eigenvalue weighted by atomic mass is 10.0. The lowest BCUT2D eigenvalue weighted by Gasteiger charge is -2.29. The van der Waals surface area contributed by atoms with Crippen LogP contribution in [0.4, 0.5) is 10.6 Å². The van der Waals surface area contributed by atoms with Crippen LogP contribution in [0.5, 0.6) is 5.75 Å². The summed E-state index contributed by atoms with van der Waals surface area (Å²) in [6.45, 7) is 1.91. The van der Waals surface area contributed by atoms with Gasteiger partial charge in [0.15, 0.2) is 0 Å². The van der Waals surface area contributed by atoms with Crippen molar-refractivity contribution in [3.05, 3.63) is 71.2 Å². The summed E-state index contributed by atoms with van der Waals surface area (Å²) in [5.74, 6) is -0.400. The van der Waals surface area contributed by atoms with Gasteiger partial charge in [0.2, 0.25) is 11.8 Å². The Morgan fingerprint density at radius 3 is 2.75 bits per heavy atom. The topological polar surface area (TPSA) is 166 Å². The maximum Gasteiger partial charge on any atom is 0.320 e. The number of hydrogen-bond acceptors (Lipinski definition) is 8. The van der Waals surface area contributed by atoms with E-state index in [1.165, 1.54) is 24.3 Å². The number of imide groups is 1. The molecule has 5 rings (SSSR count). The highest BCUT2D eigenvalue weighted by atomic mass is 16.5. The Labute approximate surface area is 229 Å². The number of aromatic nitrogens is 2. The molecule has 0 saturated carbocycles. The third-order valence-corrected chi connectivity index (χ3v) is 6.86. The number of rotatable bonds is 6. The van der Waals surface area contributed by atoms with Crippen LogP contribution in [0.25, 0.3) is 11.1 Å². The van der Waals surface area contributed by atoms with Gasteiger partial charge in [0.1, 0.15) is 23.7 Å². The number of urea groups is 1. The molecule has 3 N–H and O–H groups in total. The lowest BCUT2D eigenvalue weighted by molar-refractivity contribution is -0.136. The fourth-order valence-electron chi connectivity index (χ4n) is 4.84. The zero-order valence-electron chi connectivity index (χ0n) is 21.7. The van der Waals surface area contributed by atoms with E-state index in [9.17, 15) is 19.2 Å². The van der Waals surface area contributed by atoms with E-state index < -0.39 is 24.0 Å². The SMILES string of the molecule is COc1cc(-c2cncc(C#N)c2)ccc1C(C)NC(=O)Nc1ccc2c(n1)CN(C1CCC(=O)NC1=O)C2=O. The second-order valence-electron chi connectivity index (χ2n) is 9.44. The molecule has 1 aromatic carbocycles. The predicted molar refractivity (Wildman–Crippen MR) is 142 cm³/mol. The number of benzene rings is 1. The fraction of sp³-hybridized carbons (Fsp3) is 0.250. The van der Waals surface area contributed by atoms with Crippen molar-refractivity contribution in [2.75, 3.05) is 12.4 Å². The van der Waals surface area contributed by atoms with Crippen LogP contribution < -0.4 is 20.7 Å². The summed E-state index contributed by atoms with van der Waals surface area (Å²) in [5.41, 5.74) is 3.54. The predicted octanol–water partition coefficient (Wildman–Crippen LogP) is 2.67. The van der Waals surface area contributed by atoms with Crippen molar-refractivity contribution in [2.24, 2.45) is 0 Å². The summed E-state index contributed by atoms with van der Waals surface area (Å²) in [4.78, 5) is 59.3. The summed E-state index contributed by atoms with van der Waals surface area (Å²) in [5, 5.41) is 17.0. The third kappa shape index (κ3) is 5.17. The van der Waals surface area contributed by atoms with Crippen LogP contribution in [-0.4, -0.2) is 51.8 Å². The molecule has 2 unspecified atom stereocenters. The number of piperidine rings is 1. The minimum atomic E-state index is -0.743. The second kappa shape index (κ2) is 10.8. The zero-order valence-corrected chi connectivity index (χ0v) is 21.7. The number of hydrogen-bond donors (Lipinski definition) is 3. The van der Waals surface area contributed by atoms with Crippen molar-refractivity contribution in [1.29, 1.82) is 5.26 Å². The number of fused-ring (bicyclic) bond motifs is 1. The van der Waals surface area contributed by atoms with Crippen molar-refractivity contribution in [2.45, 2.75) is 38.4 Å². The molecule has 1 fully saturated rings. The molecule has 3 aromatic rings. The largest absolute Gasteiger partial charge is 0.496 e. The summed E-state index contributed by atoms with van der Waals surface area (Å²) >= 11 is 0. The number of nitriles is 1. The summed E-state index contributed by atoms with van der Waals surface area (Å²) in [6, 6.07) is 10.7. The van der Waals surface area contributed by atoms with E-state index in [0.29, 0.717) is 22.6 Å². The van der Waals surface area contributed by atoms with Crippen LogP contribution in [0.15, 0.2) is 48.8 Å². The van der Waals surface area contributed by atoms with Gasteiger partial charge in [-0.15, -0.1) is 0 Å². The Hall–Kier alpha value is -5.31. The highest BCUT2D eigenvalue weighted by Crippen LogP contribution is 2.31. The molecule has 40 heavy (non-hydrogen) atoms. The number of nitrogens with one attached hydrogen (secondary N) is 3. The van der Waals surface area contributed by atoms with Crippen molar-refractivity contribution >= 4 is 29.6 Å². The summed E-state index contributed by atoms with van der Waals surface area (Å²) in [6.07, 6.45) is 3.56. The van der Waals surface area contributed by atoms with Gasteiger partial charge in [-0.1, -0.05) is 12.1 Å². The molecule has 12 heteroatoms. The molecule has 1 saturated heterocycles. The van der Waals surface area contributed by atoms with Crippen molar-refractivity contribution < 1.29 is 23.9 Å². The van der Waals surface area contributed by atoms with Gasteiger partial charge >= 0.3 is 6.03 Å². The molecule has 2 atom stereocenters. The molecule has 0 aliphatic carbocycles. The molecule has 12 nitrogen and oxygen atoms in total. The monoisotopic (exact) mass is 539 g/mol. The van der Waals surface area contributed by atoms with Gasteiger partial charge in [0.05, 0.1) is 36.5 Å². The standard InChI is InChI=1S/C28H25N7O5/c1-15(19-4-3-17(10-23(19)40-2)18-9-16(11-29)12-30-13-18)31-28(39)33-24-7-5-20-21(32-24)14-35(27(20)38)22-6-8-25(36)34-26(22)37/h3-5,7,9-10,12-13,15,22H,6,8,14H2,1-2H3,(H,34,36,37)(H2,31,32,33,39). The average molecular weight is 540 g/mol. The van der Waals surface area contributed by atoms with E-state index in [-0.39, 0.29) is 37.0 Å². The molecule has 5 amide bonds. The highest BCUT2D eigenvalue weighted by molar-refractivity contribution is 6.05. The lowest BCUT2D eigenvalue weighted by Crippen LogP contribution is -2.52. The Bertz CT molecular complexity index is 1580. The first-order chi connectivity index (χ1) is 19.3. The van der Waals surface area contributed by atoms with E-state index in [0.717, 1.165) is 16.7 Å². The third-order valence-electron chi connectivity index (χ3n) is 6.86. The molecular formula is C28H25N7O5. The smallest absolute Gasteiger partial charge is 0.320 e. The maximum absolute atomic E-state index is 12.9. The first-order valence-corrected chi connectivity index (χ1v) is 12.5. The minimum Gasteiger partial charge on any atom is -0.496 e. The van der Waals surface area contributed by atoms with Gasteiger partial charge in [-0.3, -0.25) is 30.0 Å². The number of methoxy groups -OCH3 is 1. The molecule has 0 spiro atoms. The van der Waals surface area contributed by atoms with Gasteiger partial charge in [0.25, 0.3) is 5.91 Å². The molecule has 0 bridgehead atoms. The fourth-order valence-corrected chi connectivity index (χ4v) is 4.84. The van der Waals surface area contributed by atoms with Crippen molar-refractivity contribution in [1.82, 2.24) is 25.5 Å². The highest BCUT2D eigenvalue weighted by Gasteiger charge is 2.39. The zero-order chi connectivity index (χ0) is 28.4. The Morgan fingerprint density at radius 1 is 1.18 bits per heavy atom. The molecule has 2 aliphatic heterocycles. The van der Waals surface area contributed by atoms with E-state index in [2.05, 4.69) is 32.0 Å². The Balaban J connectivity index is 1.25. The van der Waals surface area contributed by atoms with E-state index >= 15 is 0 Å². The van der Waals surface area contributed by atoms with Gasteiger partial charge in [-0.2, -0.15) is 5.26 Å². The molecular weight excluding hydrogens is 514 g/mol. The van der Waals surface area contributed by atoms with E-state index in [4.69, 9.17) is 10.00 Å². The number of anilines is 1. The van der Waals surface area contributed by atoms with Crippen LogP contribution in [0.3, 0.4) is 0 Å². The molecule has 0 radical (unpaired) electrons. The number of carbonyl (C=O) groups excluding carboxylic acids is 4. The number of amides is 5. The maximum atomic E-state index is 12.9. The van der Waals surface area contributed by atoms with Crippen LogP contribution in [0.1, 0.15) is 53.0 Å². The first kappa shape index (κ1) is 26.3. The molecule has 2 aromatic heterocycles. The van der Waals surface area contributed by atoms with Gasteiger partial charge in [0, 0.05) is 29.9 Å². The van der Waals surface area contributed by atoms with Gasteiger partial charge in [-0.05, 0) is 43.2 Å². The van der Waals surface area contributed by atoms with E-state index in [1.54, 1.807) is 18.3 Å². The molecule has 202 valence electrons. The van der Waals surface area contributed by atoms with Crippen molar-refractivity contribution in [3.8, 4) is 22.9 Å². The van der Waals surface area contributed by atoms with Crippen LogP contribution in [0, 0.1) is 11.3 Å². The van der Waals surface area contributed by atoms with Crippen LogP contribution in [-0.2, 0) is 16.1 Å². The number of ether oxygens (including phenoxy) is 1. The van der Waals surface area contributed by atoms with Crippen molar-refractivity contribution in [3.63, 3.8) is 0 Å². The summed E-state index contributed by atoms with van der Waals surface area (Å²) < 4.78 is 5.57. The van der Waals surface area contributed by atoms with E-state index in [1.807, 2.05) is 25.1 Å². The molecule has 2 aliphatic rings. The molecule has 4 heterocycles. The number of nitrogens with zero attached hydrogens (tertiary/aromatic N) is 4.